The zero-order chi connectivity index (χ0) is 21.5. The standard InChI is InChI=1S/C23H34FN5O/c1-17(2)29-13-10-20(11-14-29)25-23(30)16-28(3)12-4-5-21-15-22(27-26-21)18-6-8-19(24)9-7-18/h6-9,15,17,20H,4-5,10-14,16H2,1-3H3,(H,25,30)(H,26,27). The maximum atomic E-state index is 13.1. The number of likely N-dealkylation sites (tertiary alicyclic amines) is 1. The van der Waals surface area contributed by atoms with Gasteiger partial charge in [0, 0.05) is 36.4 Å². The van der Waals surface area contributed by atoms with E-state index in [9.17, 15) is 9.18 Å². The minimum Gasteiger partial charge on any atom is -0.352 e. The molecule has 0 atom stereocenters. The molecule has 2 heterocycles. The molecule has 1 fully saturated rings. The van der Waals surface area contributed by atoms with Gasteiger partial charge in [0.15, 0.2) is 0 Å². The highest BCUT2D eigenvalue weighted by molar-refractivity contribution is 5.78. The molecule has 164 valence electrons. The van der Waals surface area contributed by atoms with Gasteiger partial charge in [0.05, 0.1) is 12.2 Å². The molecule has 0 bridgehead atoms. The van der Waals surface area contributed by atoms with Crippen LogP contribution in [-0.4, -0.2) is 71.2 Å². The molecule has 0 spiro atoms. The summed E-state index contributed by atoms with van der Waals surface area (Å²) in [6.45, 7) is 7.82. The average Bonchev–Trinajstić information content (AvgIpc) is 3.17. The van der Waals surface area contributed by atoms with Gasteiger partial charge in [-0.15, -0.1) is 0 Å². The number of carbonyl (C=O) groups is 1. The van der Waals surface area contributed by atoms with Crippen molar-refractivity contribution in [2.24, 2.45) is 0 Å². The minimum absolute atomic E-state index is 0.112. The molecule has 6 nitrogen and oxygen atoms in total. The van der Waals surface area contributed by atoms with Crippen LogP contribution in [0, 0.1) is 5.82 Å². The second kappa shape index (κ2) is 10.7. The smallest absolute Gasteiger partial charge is 0.234 e. The van der Waals surface area contributed by atoms with E-state index in [0.717, 1.165) is 62.3 Å². The van der Waals surface area contributed by atoms with Crippen molar-refractivity contribution >= 4 is 5.91 Å². The Bertz CT molecular complexity index is 796. The van der Waals surface area contributed by atoms with Crippen molar-refractivity contribution in [3.63, 3.8) is 0 Å². The van der Waals surface area contributed by atoms with Crippen LogP contribution in [0.25, 0.3) is 11.3 Å². The predicted octanol–water partition coefficient (Wildman–Crippen LogP) is 3.07. The molecule has 1 aromatic carbocycles. The lowest BCUT2D eigenvalue weighted by Crippen LogP contribution is -2.48. The molecule has 3 rings (SSSR count). The van der Waals surface area contributed by atoms with Gasteiger partial charge in [-0.3, -0.25) is 14.8 Å². The Balaban J connectivity index is 1.34. The van der Waals surface area contributed by atoms with Crippen molar-refractivity contribution in [2.75, 3.05) is 33.2 Å². The zero-order valence-electron chi connectivity index (χ0n) is 18.3. The lowest BCUT2D eigenvalue weighted by Gasteiger charge is -2.35. The average molecular weight is 416 g/mol. The highest BCUT2D eigenvalue weighted by Gasteiger charge is 2.22. The molecule has 7 heteroatoms. The van der Waals surface area contributed by atoms with E-state index in [0.29, 0.717) is 18.6 Å². The number of carbonyl (C=O) groups excluding carboxylic acids is 1. The molecular weight excluding hydrogens is 381 g/mol. The Kier molecular flexibility index (Phi) is 7.99. The summed E-state index contributed by atoms with van der Waals surface area (Å²) >= 11 is 0. The third-order valence-electron chi connectivity index (χ3n) is 5.80. The first-order valence-corrected chi connectivity index (χ1v) is 10.9. The lowest BCUT2D eigenvalue weighted by molar-refractivity contribution is -0.123. The number of piperidine rings is 1. The summed E-state index contributed by atoms with van der Waals surface area (Å²) in [6, 6.07) is 9.23. The van der Waals surface area contributed by atoms with Crippen LogP contribution < -0.4 is 5.32 Å². The third-order valence-corrected chi connectivity index (χ3v) is 5.80. The quantitative estimate of drug-likeness (QED) is 0.661. The SMILES string of the molecule is CC(C)N1CCC(NC(=O)CN(C)CCCc2cc(-c3ccc(F)cc3)n[nH]2)CC1. The van der Waals surface area contributed by atoms with Crippen LogP contribution in [-0.2, 0) is 11.2 Å². The van der Waals surface area contributed by atoms with Crippen LogP contribution in [0.5, 0.6) is 0 Å². The number of hydrogen-bond donors (Lipinski definition) is 2. The van der Waals surface area contributed by atoms with E-state index in [1.54, 1.807) is 12.1 Å². The van der Waals surface area contributed by atoms with Crippen LogP contribution in [0.4, 0.5) is 4.39 Å². The molecular formula is C23H34FN5O. The van der Waals surface area contributed by atoms with Crippen molar-refractivity contribution < 1.29 is 9.18 Å². The highest BCUT2D eigenvalue weighted by atomic mass is 19.1. The largest absolute Gasteiger partial charge is 0.352 e. The van der Waals surface area contributed by atoms with Crippen LogP contribution in [0.2, 0.25) is 0 Å². The van der Waals surface area contributed by atoms with Gasteiger partial charge in [0.2, 0.25) is 5.91 Å². The number of aromatic amines is 1. The van der Waals surface area contributed by atoms with Gasteiger partial charge in [-0.1, -0.05) is 0 Å². The molecule has 1 aliphatic rings. The first kappa shape index (κ1) is 22.4. The van der Waals surface area contributed by atoms with Crippen molar-refractivity contribution in [3.05, 3.63) is 41.8 Å². The van der Waals surface area contributed by atoms with Gasteiger partial charge in [-0.2, -0.15) is 5.10 Å². The van der Waals surface area contributed by atoms with E-state index in [1.807, 2.05) is 13.1 Å². The summed E-state index contributed by atoms with van der Waals surface area (Å²) in [6.07, 6.45) is 3.85. The molecule has 1 saturated heterocycles. The Hall–Kier alpha value is -2.25. The number of hydrogen-bond acceptors (Lipinski definition) is 4. The molecule has 0 saturated carbocycles. The third kappa shape index (κ3) is 6.64. The van der Waals surface area contributed by atoms with Crippen molar-refractivity contribution in [3.8, 4) is 11.3 Å². The molecule has 1 aliphatic heterocycles. The van der Waals surface area contributed by atoms with Crippen LogP contribution >= 0.6 is 0 Å². The maximum Gasteiger partial charge on any atom is 0.234 e. The van der Waals surface area contributed by atoms with Crippen molar-refractivity contribution in [1.29, 1.82) is 0 Å². The predicted molar refractivity (Wildman–Crippen MR) is 118 cm³/mol. The van der Waals surface area contributed by atoms with E-state index in [1.165, 1.54) is 12.1 Å². The van der Waals surface area contributed by atoms with Gasteiger partial charge >= 0.3 is 0 Å². The summed E-state index contributed by atoms with van der Waals surface area (Å²) in [5.74, 6) is -0.136. The first-order chi connectivity index (χ1) is 14.4. The van der Waals surface area contributed by atoms with Crippen molar-refractivity contribution in [2.45, 2.75) is 51.6 Å². The maximum absolute atomic E-state index is 13.1. The second-order valence-corrected chi connectivity index (χ2v) is 8.60. The van der Waals surface area contributed by atoms with E-state index < -0.39 is 0 Å². The Morgan fingerprint density at radius 3 is 2.67 bits per heavy atom. The van der Waals surface area contributed by atoms with E-state index in [-0.39, 0.29) is 11.7 Å². The van der Waals surface area contributed by atoms with Crippen LogP contribution in [0.3, 0.4) is 0 Å². The fraction of sp³-hybridized carbons (Fsp3) is 0.565. The lowest BCUT2D eigenvalue weighted by atomic mass is 10.0. The fourth-order valence-corrected chi connectivity index (χ4v) is 3.96. The second-order valence-electron chi connectivity index (χ2n) is 8.60. The number of aryl methyl sites for hydroxylation is 1. The van der Waals surface area contributed by atoms with Gasteiger partial charge < -0.3 is 10.2 Å². The summed E-state index contributed by atoms with van der Waals surface area (Å²) in [5.41, 5.74) is 2.76. The molecule has 1 amide bonds. The Morgan fingerprint density at radius 2 is 2.00 bits per heavy atom. The van der Waals surface area contributed by atoms with Crippen LogP contribution in [0.1, 0.15) is 38.8 Å². The van der Waals surface area contributed by atoms with E-state index in [4.69, 9.17) is 0 Å². The number of rotatable bonds is 9. The van der Waals surface area contributed by atoms with E-state index >= 15 is 0 Å². The fourth-order valence-electron chi connectivity index (χ4n) is 3.96. The molecule has 0 aliphatic carbocycles. The topological polar surface area (TPSA) is 64.3 Å². The normalized spacial score (nSPS) is 15.8. The molecule has 0 radical (unpaired) electrons. The monoisotopic (exact) mass is 415 g/mol. The summed E-state index contributed by atoms with van der Waals surface area (Å²) in [7, 11) is 1.98. The van der Waals surface area contributed by atoms with Gasteiger partial charge in [0.1, 0.15) is 5.82 Å². The van der Waals surface area contributed by atoms with Gasteiger partial charge in [0.25, 0.3) is 0 Å². The van der Waals surface area contributed by atoms with E-state index in [2.05, 4.69) is 39.2 Å². The zero-order valence-corrected chi connectivity index (χ0v) is 18.3. The Labute approximate surface area is 178 Å². The van der Waals surface area contributed by atoms with Gasteiger partial charge in [-0.05, 0) is 83.5 Å². The van der Waals surface area contributed by atoms with Crippen molar-refractivity contribution in [1.82, 2.24) is 25.3 Å². The molecule has 2 aromatic rings. The number of amides is 1. The molecule has 30 heavy (non-hydrogen) atoms. The molecule has 1 aromatic heterocycles. The molecule has 0 unspecified atom stereocenters. The number of benzene rings is 1. The summed E-state index contributed by atoms with van der Waals surface area (Å²) < 4.78 is 13.1. The number of halogens is 1. The number of likely N-dealkylation sites (N-methyl/N-ethyl adjacent to an activating group) is 1. The first-order valence-electron chi connectivity index (χ1n) is 10.9. The molecule has 2 N–H and O–H groups in total. The highest BCUT2D eigenvalue weighted by Crippen LogP contribution is 2.18. The van der Waals surface area contributed by atoms with Gasteiger partial charge in [-0.25, -0.2) is 4.39 Å². The minimum atomic E-state index is -0.248. The summed E-state index contributed by atoms with van der Waals surface area (Å²) in [4.78, 5) is 16.9. The number of H-pyrrole nitrogens is 1. The summed E-state index contributed by atoms with van der Waals surface area (Å²) in [5, 5.41) is 10.6. The van der Waals surface area contributed by atoms with Crippen LogP contribution in [0.15, 0.2) is 30.3 Å². The Morgan fingerprint density at radius 1 is 1.30 bits per heavy atom. The number of nitrogens with zero attached hydrogens (tertiary/aromatic N) is 3. The number of aromatic nitrogens is 2. The number of nitrogens with one attached hydrogen (secondary N) is 2.